The number of hydrogen-bond acceptors (Lipinski definition) is 5. The summed E-state index contributed by atoms with van der Waals surface area (Å²) in [6, 6.07) is 1.80. The van der Waals surface area contributed by atoms with Crippen molar-refractivity contribution in [2.75, 3.05) is 19.8 Å². The van der Waals surface area contributed by atoms with Crippen molar-refractivity contribution in [1.82, 2.24) is 24.6 Å². The van der Waals surface area contributed by atoms with Crippen molar-refractivity contribution in [3.8, 4) is 0 Å². The van der Waals surface area contributed by atoms with Crippen molar-refractivity contribution in [2.45, 2.75) is 38.3 Å². The number of fused-ring (bicyclic) bond motifs is 1. The molecule has 7 nitrogen and oxygen atoms in total. The van der Waals surface area contributed by atoms with Crippen molar-refractivity contribution in [3.63, 3.8) is 0 Å². The maximum atomic E-state index is 12.7. The smallest absolute Gasteiger partial charge is 0.255 e. The van der Waals surface area contributed by atoms with Crippen LogP contribution < -0.4 is 0 Å². The van der Waals surface area contributed by atoms with Crippen molar-refractivity contribution in [2.24, 2.45) is 5.92 Å². The molecule has 1 saturated carbocycles. The Hall–Kier alpha value is -2.28. The summed E-state index contributed by atoms with van der Waals surface area (Å²) in [5.41, 5.74) is 1.60. The van der Waals surface area contributed by atoms with E-state index in [0.717, 1.165) is 12.3 Å². The van der Waals surface area contributed by atoms with Gasteiger partial charge in [-0.15, -0.1) is 0 Å². The summed E-state index contributed by atoms with van der Waals surface area (Å²) in [6.07, 6.45) is 11.9. The molecular weight excluding hydrogens is 318 g/mol. The minimum Gasteiger partial charge on any atom is -0.379 e. The van der Waals surface area contributed by atoms with Crippen LogP contribution in [0.5, 0.6) is 0 Å². The van der Waals surface area contributed by atoms with Crippen molar-refractivity contribution >= 4 is 5.91 Å². The second kappa shape index (κ2) is 7.31. The van der Waals surface area contributed by atoms with Crippen LogP contribution in [0.4, 0.5) is 0 Å². The molecule has 3 heterocycles. The average molecular weight is 341 g/mol. The van der Waals surface area contributed by atoms with Gasteiger partial charge in [-0.05, 0) is 24.8 Å². The summed E-state index contributed by atoms with van der Waals surface area (Å²) >= 11 is 0. The first-order chi connectivity index (χ1) is 12.3. The van der Waals surface area contributed by atoms with Crippen LogP contribution in [0.3, 0.4) is 0 Å². The minimum absolute atomic E-state index is 0.0249. The maximum Gasteiger partial charge on any atom is 0.255 e. The normalized spacial score (nSPS) is 20.6. The topological polar surface area (TPSA) is 73.1 Å². The first-order valence-corrected chi connectivity index (χ1v) is 8.95. The molecule has 25 heavy (non-hydrogen) atoms. The lowest BCUT2D eigenvalue weighted by Crippen LogP contribution is -2.42. The van der Waals surface area contributed by atoms with Crippen LogP contribution in [0.15, 0.2) is 31.0 Å². The van der Waals surface area contributed by atoms with Gasteiger partial charge >= 0.3 is 0 Å². The minimum atomic E-state index is -0.0249. The zero-order valence-electron chi connectivity index (χ0n) is 14.3. The molecule has 1 aliphatic carbocycles. The monoisotopic (exact) mass is 341 g/mol. The molecule has 2 aromatic rings. The molecule has 0 spiro atoms. The predicted octanol–water partition coefficient (Wildman–Crippen LogP) is 2.08. The van der Waals surface area contributed by atoms with Crippen LogP contribution in [0, 0.1) is 5.92 Å². The van der Waals surface area contributed by atoms with E-state index in [2.05, 4.69) is 19.7 Å². The number of rotatable bonds is 5. The zero-order valence-corrected chi connectivity index (χ0v) is 14.3. The first kappa shape index (κ1) is 16.2. The highest BCUT2D eigenvalue weighted by Crippen LogP contribution is 2.26. The molecule has 0 N–H and O–H groups in total. The second-order valence-electron chi connectivity index (χ2n) is 6.95. The van der Waals surface area contributed by atoms with E-state index in [1.165, 1.54) is 31.9 Å². The molecular formula is C18H23N5O2. The summed E-state index contributed by atoms with van der Waals surface area (Å²) in [7, 11) is 0. The SMILES string of the molecule is O=C(c1ccnnc1)N1Cc2cncn2[C@H](COCC2CCCC2)C1. The van der Waals surface area contributed by atoms with Gasteiger partial charge in [0.15, 0.2) is 0 Å². The largest absolute Gasteiger partial charge is 0.379 e. The van der Waals surface area contributed by atoms with Crippen LogP contribution in [0.2, 0.25) is 0 Å². The lowest BCUT2D eigenvalue weighted by molar-refractivity contribution is 0.0434. The molecule has 7 heteroatoms. The van der Waals surface area contributed by atoms with Crippen LogP contribution in [-0.4, -0.2) is 50.3 Å². The van der Waals surface area contributed by atoms with E-state index >= 15 is 0 Å². The molecule has 4 rings (SSSR count). The number of carbonyl (C=O) groups is 1. The molecule has 132 valence electrons. The molecule has 1 amide bonds. The van der Waals surface area contributed by atoms with Crippen molar-refractivity contribution in [3.05, 3.63) is 42.2 Å². The number of carbonyl (C=O) groups excluding carboxylic acids is 1. The van der Waals surface area contributed by atoms with Gasteiger partial charge in [0.05, 0.1) is 49.2 Å². The van der Waals surface area contributed by atoms with Gasteiger partial charge in [0.1, 0.15) is 0 Å². The van der Waals surface area contributed by atoms with E-state index in [1.807, 2.05) is 17.4 Å². The molecule has 0 aromatic carbocycles. The van der Waals surface area contributed by atoms with Gasteiger partial charge in [-0.25, -0.2) is 4.98 Å². The van der Waals surface area contributed by atoms with E-state index in [0.29, 0.717) is 31.2 Å². The molecule has 0 saturated heterocycles. The Morgan fingerprint density at radius 3 is 2.88 bits per heavy atom. The molecule has 0 radical (unpaired) electrons. The fourth-order valence-corrected chi connectivity index (χ4v) is 3.82. The number of hydrogen-bond donors (Lipinski definition) is 0. The summed E-state index contributed by atoms with van der Waals surface area (Å²) in [4.78, 5) is 18.8. The predicted molar refractivity (Wildman–Crippen MR) is 90.8 cm³/mol. The highest BCUT2D eigenvalue weighted by Gasteiger charge is 2.29. The Labute approximate surface area is 147 Å². The number of imidazole rings is 1. The van der Waals surface area contributed by atoms with Gasteiger partial charge in [-0.1, -0.05) is 12.8 Å². The van der Waals surface area contributed by atoms with Gasteiger partial charge < -0.3 is 14.2 Å². The van der Waals surface area contributed by atoms with Gasteiger partial charge in [0, 0.05) is 19.3 Å². The Balaban J connectivity index is 1.43. The van der Waals surface area contributed by atoms with Crippen molar-refractivity contribution in [1.29, 1.82) is 0 Å². The van der Waals surface area contributed by atoms with Gasteiger partial charge in [0.2, 0.25) is 0 Å². The zero-order chi connectivity index (χ0) is 17.1. The Morgan fingerprint density at radius 1 is 1.20 bits per heavy atom. The standard InChI is InChI=1S/C18H23N5O2/c24-18(15-5-6-20-21-7-15)22-9-16-8-19-13-23(16)17(10-22)12-25-11-14-3-1-2-4-14/h5-8,13-14,17H,1-4,9-12H2/t17-/m0/s1. The fourth-order valence-electron chi connectivity index (χ4n) is 3.82. The molecule has 1 atom stereocenters. The second-order valence-corrected chi connectivity index (χ2v) is 6.95. The van der Waals surface area contributed by atoms with E-state index in [9.17, 15) is 4.79 Å². The molecule has 0 bridgehead atoms. The molecule has 1 fully saturated rings. The average Bonchev–Trinajstić information content (AvgIpc) is 3.33. The molecule has 0 unspecified atom stereocenters. The highest BCUT2D eigenvalue weighted by molar-refractivity contribution is 5.93. The highest BCUT2D eigenvalue weighted by atomic mass is 16.5. The Kier molecular flexibility index (Phi) is 4.74. The third-order valence-corrected chi connectivity index (χ3v) is 5.18. The van der Waals surface area contributed by atoms with Crippen LogP contribution in [-0.2, 0) is 11.3 Å². The summed E-state index contributed by atoms with van der Waals surface area (Å²) in [5, 5.41) is 7.55. The summed E-state index contributed by atoms with van der Waals surface area (Å²) < 4.78 is 8.15. The lowest BCUT2D eigenvalue weighted by Gasteiger charge is -2.34. The molecule has 2 aromatic heterocycles. The molecule has 2 aliphatic rings. The van der Waals surface area contributed by atoms with Crippen LogP contribution in [0.25, 0.3) is 0 Å². The van der Waals surface area contributed by atoms with E-state index in [1.54, 1.807) is 12.3 Å². The number of amides is 1. The summed E-state index contributed by atoms with van der Waals surface area (Å²) in [5.74, 6) is 0.676. The third kappa shape index (κ3) is 3.56. The number of nitrogens with zero attached hydrogens (tertiary/aromatic N) is 5. The maximum absolute atomic E-state index is 12.7. The third-order valence-electron chi connectivity index (χ3n) is 5.18. The van der Waals surface area contributed by atoms with Gasteiger partial charge in [-0.3, -0.25) is 4.79 Å². The quantitative estimate of drug-likeness (QED) is 0.832. The van der Waals surface area contributed by atoms with E-state index in [-0.39, 0.29) is 11.9 Å². The number of aromatic nitrogens is 4. The van der Waals surface area contributed by atoms with Crippen molar-refractivity contribution < 1.29 is 9.53 Å². The van der Waals surface area contributed by atoms with Gasteiger partial charge in [-0.2, -0.15) is 10.2 Å². The van der Waals surface area contributed by atoms with Gasteiger partial charge in [0.25, 0.3) is 5.91 Å². The van der Waals surface area contributed by atoms with E-state index in [4.69, 9.17) is 4.74 Å². The summed E-state index contributed by atoms with van der Waals surface area (Å²) in [6.45, 7) is 2.61. The van der Waals surface area contributed by atoms with E-state index < -0.39 is 0 Å². The van der Waals surface area contributed by atoms with Crippen LogP contribution >= 0.6 is 0 Å². The lowest BCUT2D eigenvalue weighted by atomic mass is 10.1. The Bertz CT molecular complexity index is 711. The van der Waals surface area contributed by atoms with Crippen LogP contribution in [0.1, 0.15) is 47.8 Å². The first-order valence-electron chi connectivity index (χ1n) is 8.95. The Morgan fingerprint density at radius 2 is 2.08 bits per heavy atom. The number of ether oxygens (including phenoxy) is 1. The molecule has 1 aliphatic heterocycles. The fraction of sp³-hybridized carbons (Fsp3) is 0.556.